The lowest BCUT2D eigenvalue weighted by Crippen LogP contribution is -2.36. The summed E-state index contributed by atoms with van der Waals surface area (Å²) in [6.07, 6.45) is 3.24. The molecule has 0 bridgehead atoms. The van der Waals surface area contributed by atoms with Gasteiger partial charge in [0.25, 0.3) is 0 Å². The van der Waals surface area contributed by atoms with Crippen molar-refractivity contribution >= 4 is 12.1 Å². The molecule has 166 valence electrons. The molecule has 4 rings (SSSR count). The smallest absolute Gasteiger partial charge is 0.410 e. The van der Waals surface area contributed by atoms with Crippen LogP contribution in [-0.4, -0.2) is 44.2 Å². The first-order valence-corrected chi connectivity index (χ1v) is 10.7. The number of nitrogens with one attached hydrogen (secondary N) is 1. The van der Waals surface area contributed by atoms with E-state index in [0.717, 1.165) is 41.1 Å². The topological polar surface area (TPSA) is 95.5 Å². The summed E-state index contributed by atoms with van der Waals surface area (Å²) in [7, 11) is 0. The average Bonchev–Trinajstić information content (AvgIpc) is 3.42. The number of imidazole rings is 1. The van der Waals surface area contributed by atoms with Crippen molar-refractivity contribution < 1.29 is 19.4 Å². The van der Waals surface area contributed by atoms with Crippen LogP contribution in [0.2, 0.25) is 0 Å². The first-order chi connectivity index (χ1) is 15.2. The lowest BCUT2D eigenvalue weighted by atomic mass is 10.0. The van der Waals surface area contributed by atoms with Crippen molar-refractivity contribution in [3.05, 3.63) is 66.1 Å². The second-order valence-electron chi connectivity index (χ2n) is 8.97. The lowest BCUT2D eigenvalue weighted by molar-refractivity contribution is 0.0218. The molecule has 1 aliphatic heterocycles. The molecule has 0 radical (unpaired) electrons. The van der Waals surface area contributed by atoms with Crippen LogP contribution in [0.4, 0.5) is 4.79 Å². The molecule has 32 heavy (non-hydrogen) atoms. The van der Waals surface area contributed by atoms with Crippen molar-refractivity contribution in [3.8, 4) is 22.4 Å². The van der Waals surface area contributed by atoms with Gasteiger partial charge in [-0.05, 0) is 62.4 Å². The van der Waals surface area contributed by atoms with Crippen molar-refractivity contribution in [2.45, 2.75) is 45.3 Å². The number of aromatic nitrogens is 2. The van der Waals surface area contributed by atoms with E-state index in [0.29, 0.717) is 6.54 Å². The molecule has 2 aromatic carbocycles. The molecule has 1 fully saturated rings. The van der Waals surface area contributed by atoms with Crippen LogP contribution < -0.4 is 0 Å². The predicted molar refractivity (Wildman–Crippen MR) is 121 cm³/mol. The van der Waals surface area contributed by atoms with Crippen LogP contribution in [0.15, 0.2) is 54.7 Å². The molecule has 1 atom stereocenters. The SMILES string of the molecule is CC(C)(C)OC(=O)N1CCCC1c1ncc(-c2ccc(-c3ccc(C(=O)O)cc3)cc2)[nH]1. The van der Waals surface area contributed by atoms with Gasteiger partial charge >= 0.3 is 12.1 Å². The number of carboxylic acids is 1. The highest BCUT2D eigenvalue weighted by Crippen LogP contribution is 2.33. The Morgan fingerprint density at radius 3 is 2.22 bits per heavy atom. The number of benzene rings is 2. The predicted octanol–water partition coefficient (Wildman–Crippen LogP) is 5.51. The van der Waals surface area contributed by atoms with Gasteiger partial charge in [0.1, 0.15) is 11.4 Å². The number of aromatic carboxylic acids is 1. The van der Waals surface area contributed by atoms with Crippen LogP contribution in [0.3, 0.4) is 0 Å². The zero-order valence-corrected chi connectivity index (χ0v) is 18.5. The van der Waals surface area contributed by atoms with Gasteiger partial charge in [-0.25, -0.2) is 14.6 Å². The summed E-state index contributed by atoms with van der Waals surface area (Å²) in [6.45, 7) is 6.26. The number of amides is 1. The number of likely N-dealkylation sites (tertiary alicyclic amines) is 1. The van der Waals surface area contributed by atoms with E-state index < -0.39 is 11.6 Å². The standard InChI is InChI=1S/C25H27N3O4/c1-25(2,3)32-24(31)28-14-4-5-21(28)22-26-15-20(27-22)18-10-6-16(7-11-18)17-8-12-19(13-9-17)23(29)30/h6-13,15,21H,4-5,14H2,1-3H3,(H,26,27)(H,29,30). The summed E-state index contributed by atoms with van der Waals surface area (Å²) in [6, 6.07) is 14.7. The van der Waals surface area contributed by atoms with Gasteiger partial charge in [-0.2, -0.15) is 0 Å². The Morgan fingerprint density at radius 1 is 1.03 bits per heavy atom. The highest BCUT2D eigenvalue weighted by atomic mass is 16.6. The number of carbonyl (C=O) groups is 2. The third-order valence-electron chi connectivity index (χ3n) is 5.45. The van der Waals surface area contributed by atoms with Gasteiger partial charge in [-0.15, -0.1) is 0 Å². The molecule has 7 nitrogen and oxygen atoms in total. The number of aromatic amines is 1. The quantitative estimate of drug-likeness (QED) is 0.565. The molecule has 2 N–H and O–H groups in total. The van der Waals surface area contributed by atoms with Gasteiger partial charge in [0.05, 0.1) is 23.5 Å². The summed E-state index contributed by atoms with van der Waals surface area (Å²) in [5, 5.41) is 9.05. The Kier molecular flexibility index (Phi) is 5.74. The van der Waals surface area contributed by atoms with Gasteiger partial charge in [0, 0.05) is 6.54 Å². The molecular formula is C25H27N3O4. The second-order valence-corrected chi connectivity index (χ2v) is 8.97. The molecule has 1 amide bonds. The highest BCUT2D eigenvalue weighted by Gasteiger charge is 2.34. The normalized spacial score (nSPS) is 16.2. The molecule has 2 heterocycles. The van der Waals surface area contributed by atoms with E-state index in [1.807, 2.05) is 45.0 Å². The Balaban J connectivity index is 1.49. The number of H-pyrrole nitrogens is 1. The molecule has 7 heteroatoms. The number of carbonyl (C=O) groups excluding carboxylic acids is 1. The zero-order chi connectivity index (χ0) is 22.9. The van der Waals surface area contributed by atoms with Gasteiger partial charge < -0.3 is 14.8 Å². The molecule has 0 aliphatic carbocycles. The Bertz CT molecular complexity index is 1110. The Morgan fingerprint density at radius 2 is 1.62 bits per heavy atom. The van der Waals surface area contributed by atoms with E-state index >= 15 is 0 Å². The lowest BCUT2D eigenvalue weighted by Gasteiger charge is -2.27. The number of hydrogen-bond acceptors (Lipinski definition) is 4. The largest absolute Gasteiger partial charge is 0.478 e. The summed E-state index contributed by atoms with van der Waals surface area (Å²) in [4.78, 5) is 33.3. The fraction of sp³-hybridized carbons (Fsp3) is 0.320. The molecule has 1 aromatic heterocycles. The number of rotatable bonds is 4. The van der Waals surface area contributed by atoms with Crippen molar-refractivity contribution in [2.24, 2.45) is 0 Å². The maximum Gasteiger partial charge on any atom is 0.410 e. The third kappa shape index (κ3) is 4.66. The van der Waals surface area contributed by atoms with Gasteiger partial charge in [0.15, 0.2) is 0 Å². The van der Waals surface area contributed by atoms with Crippen LogP contribution in [-0.2, 0) is 4.74 Å². The number of hydrogen-bond donors (Lipinski definition) is 2. The highest BCUT2D eigenvalue weighted by molar-refractivity contribution is 5.88. The molecule has 3 aromatic rings. The number of ether oxygens (including phenoxy) is 1. The maximum atomic E-state index is 12.6. The van der Waals surface area contributed by atoms with E-state index in [4.69, 9.17) is 9.84 Å². The summed E-state index contributed by atoms with van der Waals surface area (Å²) >= 11 is 0. The first kappa shape index (κ1) is 21.6. The fourth-order valence-electron chi connectivity index (χ4n) is 3.89. The van der Waals surface area contributed by atoms with Crippen LogP contribution in [0.25, 0.3) is 22.4 Å². The minimum absolute atomic E-state index is 0.120. The fourth-order valence-corrected chi connectivity index (χ4v) is 3.89. The van der Waals surface area contributed by atoms with Gasteiger partial charge in [-0.1, -0.05) is 36.4 Å². The molecule has 1 aliphatic rings. The average molecular weight is 434 g/mol. The minimum atomic E-state index is -0.936. The van der Waals surface area contributed by atoms with Crippen molar-refractivity contribution in [3.63, 3.8) is 0 Å². The van der Waals surface area contributed by atoms with E-state index in [9.17, 15) is 9.59 Å². The summed E-state index contributed by atoms with van der Waals surface area (Å²) < 4.78 is 5.55. The number of nitrogens with zero attached hydrogens (tertiary/aromatic N) is 2. The zero-order valence-electron chi connectivity index (χ0n) is 18.5. The van der Waals surface area contributed by atoms with E-state index in [2.05, 4.69) is 9.97 Å². The molecule has 0 spiro atoms. The summed E-state index contributed by atoms with van der Waals surface area (Å²) in [5.41, 5.74) is 3.54. The van der Waals surface area contributed by atoms with Gasteiger partial charge in [-0.3, -0.25) is 4.90 Å². The van der Waals surface area contributed by atoms with E-state index in [-0.39, 0.29) is 17.7 Å². The van der Waals surface area contributed by atoms with E-state index in [1.54, 1.807) is 35.4 Å². The Labute approximate surface area is 187 Å². The second kappa shape index (κ2) is 8.49. The van der Waals surface area contributed by atoms with Crippen molar-refractivity contribution in [1.29, 1.82) is 0 Å². The van der Waals surface area contributed by atoms with Crippen LogP contribution >= 0.6 is 0 Å². The monoisotopic (exact) mass is 433 g/mol. The van der Waals surface area contributed by atoms with Crippen LogP contribution in [0, 0.1) is 0 Å². The van der Waals surface area contributed by atoms with Crippen LogP contribution in [0.5, 0.6) is 0 Å². The molecular weight excluding hydrogens is 406 g/mol. The number of carboxylic acid groups (broad SMARTS) is 1. The molecule has 1 saturated heterocycles. The minimum Gasteiger partial charge on any atom is -0.478 e. The maximum absolute atomic E-state index is 12.6. The first-order valence-electron chi connectivity index (χ1n) is 10.7. The van der Waals surface area contributed by atoms with E-state index in [1.165, 1.54) is 0 Å². The van der Waals surface area contributed by atoms with Gasteiger partial charge in [0.2, 0.25) is 0 Å². The Hall–Kier alpha value is -3.61. The summed E-state index contributed by atoms with van der Waals surface area (Å²) in [5.74, 6) is -0.175. The van der Waals surface area contributed by atoms with Crippen molar-refractivity contribution in [2.75, 3.05) is 6.54 Å². The van der Waals surface area contributed by atoms with Crippen LogP contribution in [0.1, 0.15) is 55.8 Å². The molecule has 0 saturated carbocycles. The molecule has 1 unspecified atom stereocenters. The van der Waals surface area contributed by atoms with Crippen molar-refractivity contribution in [1.82, 2.24) is 14.9 Å². The third-order valence-corrected chi connectivity index (χ3v) is 5.45.